The maximum absolute atomic E-state index is 12.9. The van der Waals surface area contributed by atoms with Crippen LogP contribution in [0.2, 0.25) is 0 Å². The Morgan fingerprint density at radius 1 is 1.25 bits per heavy atom. The first-order valence-electron chi connectivity index (χ1n) is 7.71. The van der Waals surface area contributed by atoms with Gasteiger partial charge in [0.25, 0.3) is 0 Å². The Bertz CT molecular complexity index is 513. The normalized spacial score (nSPS) is 32.6. The molecule has 0 radical (unpaired) electrons. The van der Waals surface area contributed by atoms with Crippen LogP contribution in [0.1, 0.15) is 32.8 Å². The van der Waals surface area contributed by atoms with Gasteiger partial charge in [-0.05, 0) is 44.2 Å². The highest BCUT2D eigenvalue weighted by Crippen LogP contribution is 2.32. The largest absolute Gasteiger partial charge is 0.382 e. The minimum Gasteiger partial charge on any atom is -0.382 e. The maximum atomic E-state index is 12.9. The molecule has 20 heavy (non-hydrogen) atoms. The third-order valence-corrected chi connectivity index (χ3v) is 4.83. The minimum atomic E-state index is 0.0673. The number of carbonyl (C=O) groups excluding carboxylic acids is 1. The number of anilines is 1. The Hall–Kier alpha value is -1.51. The molecule has 1 aromatic rings. The third kappa shape index (κ3) is 2.30. The summed E-state index contributed by atoms with van der Waals surface area (Å²) in [5, 5.41) is 3.49. The Morgan fingerprint density at radius 2 is 2.00 bits per heavy atom. The Balaban J connectivity index is 1.79. The van der Waals surface area contributed by atoms with E-state index in [2.05, 4.69) is 49.2 Å². The third-order valence-electron chi connectivity index (χ3n) is 4.83. The molecule has 4 unspecified atom stereocenters. The van der Waals surface area contributed by atoms with Crippen LogP contribution >= 0.6 is 0 Å². The first kappa shape index (κ1) is 13.5. The van der Waals surface area contributed by atoms with Crippen molar-refractivity contribution in [3.8, 4) is 0 Å². The summed E-state index contributed by atoms with van der Waals surface area (Å²) >= 11 is 0. The van der Waals surface area contributed by atoms with E-state index in [0.717, 1.165) is 19.4 Å². The van der Waals surface area contributed by atoms with Gasteiger partial charge in [0.1, 0.15) is 0 Å². The van der Waals surface area contributed by atoms with Gasteiger partial charge in [0.2, 0.25) is 5.91 Å². The zero-order valence-corrected chi connectivity index (χ0v) is 12.6. The highest BCUT2D eigenvalue weighted by atomic mass is 16.2. The van der Waals surface area contributed by atoms with E-state index in [1.54, 1.807) is 0 Å². The molecular formula is C17H24N2O. The molecule has 1 aromatic carbocycles. The second kappa shape index (κ2) is 5.12. The summed E-state index contributed by atoms with van der Waals surface area (Å²) in [6, 6.07) is 8.93. The second-order valence-corrected chi connectivity index (χ2v) is 6.58. The van der Waals surface area contributed by atoms with Gasteiger partial charge < -0.3 is 10.2 Å². The van der Waals surface area contributed by atoms with Crippen LogP contribution < -0.4 is 5.32 Å². The van der Waals surface area contributed by atoms with Crippen LogP contribution in [0.25, 0.3) is 0 Å². The molecule has 2 aliphatic rings. The van der Waals surface area contributed by atoms with E-state index in [-0.39, 0.29) is 12.0 Å². The molecule has 3 rings (SSSR count). The number of nitrogens with one attached hydrogen (secondary N) is 1. The van der Waals surface area contributed by atoms with Crippen molar-refractivity contribution in [2.45, 2.75) is 45.7 Å². The van der Waals surface area contributed by atoms with Crippen molar-refractivity contribution in [2.75, 3.05) is 11.9 Å². The molecule has 1 amide bonds. The average molecular weight is 272 g/mol. The molecule has 1 saturated heterocycles. The van der Waals surface area contributed by atoms with E-state index in [1.165, 1.54) is 11.3 Å². The van der Waals surface area contributed by atoms with Crippen LogP contribution in [0.15, 0.2) is 24.3 Å². The molecule has 3 heteroatoms. The molecule has 2 heterocycles. The van der Waals surface area contributed by atoms with Crippen LogP contribution in [0.4, 0.5) is 5.69 Å². The Morgan fingerprint density at radius 3 is 2.70 bits per heavy atom. The van der Waals surface area contributed by atoms with Gasteiger partial charge in [-0.25, -0.2) is 0 Å². The van der Waals surface area contributed by atoms with E-state index in [4.69, 9.17) is 0 Å². The molecule has 0 saturated carbocycles. The molecule has 1 N–H and O–H groups in total. The van der Waals surface area contributed by atoms with Crippen LogP contribution in [0.3, 0.4) is 0 Å². The first-order valence-corrected chi connectivity index (χ1v) is 7.71. The number of nitrogens with zero attached hydrogens (tertiary/aromatic N) is 1. The zero-order chi connectivity index (χ0) is 14.3. The fourth-order valence-corrected chi connectivity index (χ4v) is 3.72. The minimum absolute atomic E-state index is 0.0673. The second-order valence-electron chi connectivity index (χ2n) is 6.58. The van der Waals surface area contributed by atoms with E-state index in [1.807, 2.05) is 6.07 Å². The number of hydrogen-bond donors (Lipinski definition) is 1. The van der Waals surface area contributed by atoms with E-state index in [0.29, 0.717) is 17.9 Å². The molecule has 4 atom stereocenters. The van der Waals surface area contributed by atoms with E-state index >= 15 is 0 Å². The number of fused-ring (bicyclic) bond motifs is 1. The molecule has 1 fully saturated rings. The Labute approximate surface area is 121 Å². The molecule has 108 valence electrons. The van der Waals surface area contributed by atoms with Crippen LogP contribution in [-0.2, 0) is 11.2 Å². The van der Waals surface area contributed by atoms with Gasteiger partial charge in [0, 0.05) is 24.3 Å². The lowest BCUT2D eigenvalue weighted by molar-refractivity contribution is -0.136. The van der Waals surface area contributed by atoms with Gasteiger partial charge in [0.15, 0.2) is 0 Å². The standard InChI is InChI=1S/C17H24N2O/c1-11-8-12(2)19(10-11)17(20)15-9-14-6-4-5-7-16(14)18-13(15)3/h4-7,11-13,15,18H,8-10H2,1-3H3. The predicted octanol–water partition coefficient (Wildman–Crippen LogP) is 2.92. The van der Waals surface area contributed by atoms with Crippen molar-refractivity contribution in [3.05, 3.63) is 29.8 Å². The molecule has 2 aliphatic heterocycles. The molecular weight excluding hydrogens is 248 g/mol. The van der Waals surface area contributed by atoms with Gasteiger partial charge in [-0.1, -0.05) is 25.1 Å². The van der Waals surface area contributed by atoms with Gasteiger partial charge in [0.05, 0.1) is 5.92 Å². The number of rotatable bonds is 1. The zero-order valence-electron chi connectivity index (χ0n) is 12.6. The van der Waals surface area contributed by atoms with Crippen LogP contribution in [-0.4, -0.2) is 29.4 Å². The summed E-state index contributed by atoms with van der Waals surface area (Å²) in [5.41, 5.74) is 2.45. The van der Waals surface area contributed by atoms with Crippen molar-refractivity contribution >= 4 is 11.6 Å². The predicted molar refractivity (Wildman–Crippen MR) is 81.7 cm³/mol. The highest BCUT2D eigenvalue weighted by molar-refractivity contribution is 5.82. The number of hydrogen-bond acceptors (Lipinski definition) is 2. The van der Waals surface area contributed by atoms with E-state index in [9.17, 15) is 4.79 Å². The molecule has 0 aliphatic carbocycles. The van der Waals surface area contributed by atoms with Crippen molar-refractivity contribution in [1.82, 2.24) is 4.90 Å². The number of amides is 1. The van der Waals surface area contributed by atoms with Gasteiger partial charge in [-0.3, -0.25) is 4.79 Å². The molecule has 3 nitrogen and oxygen atoms in total. The molecule has 0 aromatic heterocycles. The van der Waals surface area contributed by atoms with Crippen molar-refractivity contribution in [2.24, 2.45) is 11.8 Å². The number of carbonyl (C=O) groups is 1. The van der Waals surface area contributed by atoms with Crippen LogP contribution in [0.5, 0.6) is 0 Å². The fraction of sp³-hybridized carbons (Fsp3) is 0.588. The van der Waals surface area contributed by atoms with Crippen molar-refractivity contribution in [1.29, 1.82) is 0 Å². The maximum Gasteiger partial charge on any atom is 0.228 e. The SMILES string of the molecule is CC1CC(C)N(C(=O)C2Cc3ccccc3NC2C)C1. The summed E-state index contributed by atoms with van der Waals surface area (Å²) in [4.78, 5) is 15.0. The molecule has 0 bridgehead atoms. The summed E-state index contributed by atoms with van der Waals surface area (Å²) in [7, 11) is 0. The summed E-state index contributed by atoms with van der Waals surface area (Å²) in [6.45, 7) is 7.46. The van der Waals surface area contributed by atoms with Gasteiger partial charge in [-0.2, -0.15) is 0 Å². The van der Waals surface area contributed by atoms with E-state index < -0.39 is 0 Å². The van der Waals surface area contributed by atoms with Crippen molar-refractivity contribution < 1.29 is 4.79 Å². The number of benzene rings is 1. The first-order chi connectivity index (χ1) is 9.56. The Kier molecular flexibility index (Phi) is 3.45. The summed E-state index contributed by atoms with van der Waals surface area (Å²) in [6.07, 6.45) is 2.00. The summed E-state index contributed by atoms with van der Waals surface area (Å²) in [5.74, 6) is 1.03. The number of para-hydroxylation sites is 1. The number of likely N-dealkylation sites (tertiary alicyclic amines) is 1. The fourth-order valence-electron chi connectivity index (χ4n) is 3.72. The molecule has 0 spiro atoms. The highest BCUT2D eigenvalue weighted by Gasteiger charge is 2.38. The van der Waals surface area contributed by atoms with Gasteiger partial charge in [-0.15, -0.1) is 0 Å². The smallest absolute Gasteiger partial charge is 0.228 e. The lowest BCUT2D eigenvalue weighted by Crippen LogP contribution is -2.46. The quantitative estimate of drug-likeness (QED) is 0.852. The lowest BCUT2D eigenvalue weighted by Gasteiger charge is -2.35. The monoisotopic (exact) mass is 272 g/mol. The van der Waals surface area contributed by atoms with Crippen molar-refractivity contribution in [3.63, 3.8) is 0 Å². The summed E-state index contributed by atoms with van der Waals surface area (Å²) < 4.78 is 0. The average Bonchev–Trinajstić information content (AvgIpc) is 2.76. The van der Waals surface area contributed by atoms with Gasteiger partial charge >= 0.3 is 0 Å². The lowest BCUT2D eigenvalue weighted by atomic mass is 9.87. The topological polar surface area (TPSA) is 32.3 Å². The van der Waals surface area contributed by atoms with Crippen LogP contribution in [0, 0.1) is 11.8 Å².